The maximum Gasteiger partial charge on any atom is 0.237 e. The van der Waals surface area contributed by atoms with Gasteiger partial charge in [0, 0.05) is 17.6 Å². The molecule has 122 valence electrons. The summed E-state index contributed by atoms with van der Waals surface area (Å²) >= 11 is 8.39. The summed E-state index contributed by atoms with van der Waals surface area (Å²) in [6.45, 7) is 3.33. The van der Waals surface area contributed by atoms with E-state index in [0.717, 1.165) is 0 Å². The van der Waals surface area contributed by atoms with E-state index in [9.17, 15) is 9.59 Å². The number of carbonyl (C=O) groups is 2. The van der Waals surface area contributed by atoms with E-state index in [1.807, 2.05) is 6.92 Å². The van der Waals surface area contributed by atoms with Crippen molar-refractivity contribution in [2.45, 2.75) is 29.9 Å². The van der Waals surface area contributed by atoms with Crippen LogP contribution in [0.4, 0.5) is 10.8 Å². The zero-order valence-electron chi connectivity index (χ0n) is 12.5. The number of anilines is 2. The number of aromatic nitrogens is 2. The van der Waals surface area contributed by atoms with E-state index in [4.69, 9.17) is 11.6 Å². The predicted octanol–water partition coefficient (Wildman–Crippen LogP) is 3.66. The average molecular weight is 371 g/mol. The fourth-order valence-corrected chi connectivity index (χ4v) is 3.75. The van der Waals surface area contributed by atoms with Crippen LogP contribution < -0.4 is 10.6 Å². The molecular weight excluding hydrogens is 356 g/mol. The summed E-state index contributed by atoms with van der Waals surface area (Å²) in [5, 5.41) is 14.0. The van der Waals surface area contributed by atoms with Crippen LogP contribution in [0.1, 0.15) is 20.3 Å². The van der Waals surface area contributed by atoms with Crippen molar-refractivity contribution in [2.75, 3.05) is 10.6 Å². The summed E-state index contributed by atoms with van der Waals surface area (Å²) in [4.78, 5) is 23.3. The van der Waals surface area contributed by atoms with Crippen molar-refractivity contribution in [2.24, 2.45) is 0 Å². The Morgan fingerprint density at radius 2 is 1.96 bits per heavy atom. The van der Waals surface area contributed by atoms with Crippen LogP contribution in [0.5, 0.6) is 0 Å². The van der Waals surface area contributed by atoms with Gasteiger partial charge in [0.1, 0.15) is 0 Å². The van der Waals surface area contributed by atoms with Gasteiger partial charge in [-0.3, -0.25) is 9.59 Å². The zero-order chi connectivity index (χ0) is 16.8. The monoisotopic (exact) mass is 370 g/mol. The molecule has 0 saturated heterocycles. The van der Waals surface area contributed by atoms with Gasteiger partial charge in [-0.1, -0.05) is 41.6 Å². The first-order chi connectivity index (χ1) is 11.0. The molecule has 2 rings (SSSR count). The maximum absolute atomic E-state index is 12.3. The van der Waals surface area contributed by atoms with Crippen molar-refractivity contribution in [3.63, 3.8) is 0 Å². The highest BCUT2D eigenvalue weighted by Gasteiger charge is 2.20. The summed E-state index contributed by atoms with van der Waals surface area (Å²) < 4.78 is 0.631. The molecule has 0 radical (unpaired) electrons. The van der Waals surface area contributed by atoms with Gasteiger partial charge in [0.2, 0.25) is 16.9 Å². The molecule has 2 N–H and O–H groups in total. The molecule has 2 amide bonds. The molecule has 0 aliphatic heterocycles. The van der Waals surface area contributed by atoms with Gasteiger partial charge in [-0.2, -0.15) is 0 Å². The molecular formula is C14H15ClN4O2S2. The maximum atomic E-state index is 12.3. The molecule has 1 aromatic carbocycles. The first kappa shape index (κ1) is 17.7. The lowest BCUT2D eigenvalue weighted by Gasteiger charge is -2.13. The second-order valence-electron chi connectivity index (χ2n) is 4.57. The van der Waals surface area contributed by atoms with E-state index >= 15 is 0 Å². The van der Waals surface area contributed by atoms with Crippen LogP contribution in [0.15, 0.2) is 28.6 Å². The van der Waals surface area contributed by atoms with Crippen molar-refractivity contribution in [3.05, 3.63) is 29.3 Å². The molecule has 0 bridgehead atoms. The topological polar surface area (TPSA) is 84.0 Å². The number of hydrogen-bond acceptors (Lipinski definition) is 6. The third kappa shape index (κ3) is 5.49. The van der Waals surface area contributed by atoms with Crippen LogP contribution in [0, 0.1) is 0 Å². The molecule has 9 heteroatoms. The van der Waals surface area contributed by atoms with E-state index in [1.54, 1.807) is 24.3 Å². The van der Waals surface area contributed by atoms with Crippen molar-refractivity contribution >= 4 is 57.3 Å². The number of rotatable bonds is 6. The highest BCUT2D eigenvalue weighted by atomic mass is 35.5. The van der Waals surface area contributed by atoms with Gasteiger partial charge in [0.25, 0.3) is 0 Å². The average Bonchev–Trinajstić information content (AvgIpc) is 2.93. The summed E-state index contributed by atoms with van der Waals surface area (Å²) in [7, 11) is 0. The number of amides is 2. The number of thioether (sulfide) groups is 1. The van der Waals surface area contributed by atoms with Crippen molar-refractivity contribution in [1.82, 2.24) is 10.2 Å². The third-order valence-corrected chi connectivity index (χ3v) is 5.25. The van der Waals surface area contributed by atoms with E-state index in [0.29, 0.717) is 26.6 Å². The van der Waals surface area contributed by atoms with Gasteiger partial charge in [-0.05, 0) is 30.7 Å². The molecule has 1 aromatic heterocycles. The Labute approximate surface area is 147 Å². The quantitative estimate of drug-likeness (QED) is 0.598. The molecule has 0 spiro atoms. The van der Waals surface area contributed by atoms with Crippen LogP contribution in [0.3, 0.4) is 0 Å². The Morgan fingerprint density at radius 1 is 1.26 bits per heavy atom. The van der Waals surface area contributed by atoms with E-state index in [2.05, 4.69) is 20.8 Å². The normalized spacial score (nSPS) is 11.8. The number of nitrogens with one attached hydrogen (secondary N) is 2. The van der Waals surface area contributed by atoms with Crippen LogP contribution in [-0.4, -0.2) is 27.3 Å². The fraction of sp³-hybridized carbons (Fsp3) is 0.286. The van der Waals surface area contributed by atoms with Crippen LogP contribution in [0.25, 0.3) is 0 Å². The molecule has 23 heavy (non-hydrogen) atoms. The second-order valence-corrected chi connectivity index (χ2v) is 7.43. The number of hydrogen-bond donors (Lipinski definition) is 2. The molecule has 0 aliphatic carbocycles. The van der Waals surface area contributed by atoms with Gasteiger partial charge < -0.3 is 10.6 Å². The lowest BCUT2D eigenvalue weighted by Crippen LogP contribution is -2.24. The van der Waals surface area contributed by atoms with Gasteiger partial charge in [-0.15, -0.1) is 10.2 Å². The Bertz CT molecular complexity index is 690. The first-order valence-electron chi connectivity index (χ1n) is 6.82. The minimum Gasteiger partial charge on any atom is -0.325 e. The molecule has 1 heterocycles. The Morgan fingerprint density at radius 3 is 2.57 bits per heavy atom. The van der Waals surface area contributed by atoms with Gasteiger partial charge in [-0.25, -0.2) is 0 Å². The molecule has 1 atom stereocenters. The molecule has 6 nitrogen and oxygen atoms in total. The minimum absolute atomic E-state index is 0.115. The minimum atomic E-state index is -0.302. The van der Waals surface area contributed by atoms with Gasteiger partial charge in [0.15, 0.2) is 4.34 Å². The summed E-state index contributed by atoms with van der Waals surface area (Å²) in [5.74, 6) is -0.318. The molecule has 1 unspecified atom stereocenters. The number of carbonyl (C=O) groups excluding carboxylic acids is 2. The third-order valence-electron chi connectivity index (χ3n) is 2.71. The summed E-state index contributed by atoms with van der Waals surface area (Å²) in [5.41, 5.74) is 0.689. The van der Waals surface area contributed by atoms with Crippen molar-refractivity contribution in [1.29, 1.82) is 0 Å². The standard InChI is InChI=1S/C14H15ClN4O2S2/c1-3-11(12(21)17-10-6-4-9(15)5-7-10)22-14-19-18-13(23-14)16-8(2)20/h4-7,11H,3H2,1-2H3,(H,17,21)(H,16,18,20). The largest absolute Gasteiger partial charge is 0.325 e. The lowest BCUT2D eigenvalue weighted by molar-refractivity contribution is -0.116. The van der Waals surface area contributed by atoms with E-state index in [1.165, 1.54) is 30.0 Å². The summed E-state index contributed by atoms with van der Waals surface area (Å²) in [6.07, 6.45) is 0.638. The molecule has 0 saturated carbocycles. The SMILES string of the molecule is CCC(Sc1nnc(NC(C)=O)s1)C(=O)Nc1ccc(Cl)cc1. The second kappa shape index (κ2) is 8.28. The number of benzene rings is 1. The van der Waals surface area contributed by atoms with Crippen LogP contribution in [-0.2, 0) is 9.59 Å². The first-order valence-corrected chi connectivity index (χ1v) is 8.89. The zero-order valence-corrected chi connectivity index (χ0v) is 14.9. The summed E-state index contributed by atoms with van der Waals surface area (Å²) in [6, 6.07) is 6.93. The molecule has 2 aromatic rings. The molecule has 0 aliphatic rings. The van der Waals surface area contributed by atoms with Crippen LogP contribution >= 0.6 is 34.7 Å². The van der Waals surface area contributed by atoms with Gasteiger partial charge in [0.05, 0.1) is 5.25 Å². The molecule has 0 fully saturated rings. The van der Waals surface area contributed by atoms with Crippen molar-refractivity contribution in [3.8, 4) is 0 Å². The fourth-order valence-electron chi connectivity index (χ4n) is 1.66. The Kier molecular flexibility index (Phi) is 6.37. The Hall–Kier alpha value is -1.64. The lowest BCUT2D eigenvalue weighted by atomic mass is 10.3. The smallest absolute Gasteiger partial charge is 0.237 e. The van der Waals surface area contributed by atoms with Crippen molar-refractivity contribution < 1.29 is 9.59 Å². The highest BCUT2D eigenvalue weighted by molar-refractivity contribution is 8.02. The number of halogens is 1. The van der Waals surface area contributed by atoms with Gasteiger partial charge >= 0.3 is 0 Å². The van der Waals surface area contributed by atoms with Crippen LogP contribution in [0.2, 0.25) is 5.02 Å². The Balaban J connectivity index is 1.98. The highest BCUT2D eigenvalue weighted by Crippen LogP contribution is 2.31. The number of nitrogens with zero attached hydrogens (tertiary/aromatic N) is 2. The van der Waals surface area contributed by atoms with E-state index in [-0.39, 0.29) is 17.1 Å². The van der Waals surface area contributed by atoms with E-state index < -0.39 is 0 Å². The predicted molar refractivity (Wildman–Crippen MR) is 94.2 cm³/mol.